The van der Waals surface area contributed by atoms with Gasteiger partial charge in [0.15, 0.2) is 11.5 Å². The molecule has 3 heterocycles. The number of pyridine rings is 1. The summed E-state index contributed by atoms with van der Waals surface area (Å²) in [6, 6.07) is 2.74. The van der Waals surface area contributed by atoms with Crippen LogP contribution >= 0.6 is 36.4 Å². The van der Waals surface area contributed by atoms with Crippen LogP contribution < -0.4 is 5.32 Å². The molecule has 0 radical (unpaired) electrons. The van der Waals surface area contributed by atoms with E-state index in [2.05, 4.69) is 15.4 Å². The second-order valence-electron chi connectivity index (χ2n) is 5.69. The number of rotatable bonds is 3. The van der Waals surface area contributed by atoms with Crippen LogP contribution in [0.4, 0.5) is 13.2 Å². The van der Waals surface area contributed by atoms with Gasteiger partial charge < -0.3 is 10.2 Å². The zero-order valence-electron chi connectivity index (χ0n) is 14.0. The standard InChI is InChI=1S/C15H15ClF3N5O.2ClH/c1-23(9-4-6-20-7-9)14(25)10-8-22-24(12(10)15(17,18)19)13-11(16)3-2-5-21-13;;/h2-3,5,8-9,20H,4,6-7H2,1H3;2*1H. The van der Waals surface area contributed by atoms with Crippen LogP contribution in [0.2, 0.25) is 5.02 Å². The maximum atomic E-state index is 13.6. The molecular weight excluding hydrogens is 430 g/mol. The van der Waals surface area contributed by atoms with Gasteiger partial charge in [0.05, 0.1) is 16.8 Å². The van der Waals surface area contributed by atoms with E-state index >= 15 is 0 Å². The molecule has 27 heavy (non-hydrogen) atoms. The van der Waals surface area contributed by atoms with E-state index in [1.807, 2.05) is 0 Å². The Balaban J connectivity index is 0.00000182. The molecule has 2 aromatic rings. The van der Waals surface area contributed by atoms with Gasteiger partial charge >= 0.3 is 6.18 Å². The molecule has 6 nitrogen and oxygen atoms in total. The molecule has 1 atom stereocenters. The quantitative estimate of drug-likeness (QED) is 0.786. The molecule has 0 spiro atoms. The van der Waals surface area contributed by atoms with Crippen molar-refractivity contribution in [2.24, 2.45) is 0 Å². The lowest BCUT2D eigenvalue weighted by atomic mass is 10.1. The highest BCUT2D eigenvalue weighted by Gasteiger charge is 2.42. The van der Waals surface area contributed by atoms with Crippen molar-refractivity contribution in [2.45, 2.75) is 18.6 Å². The summed E-state index contributed by atoms with van der Waals surface area (Å²) >= 11 is 5.94. The van der Waals surface area contributed by atoms with Gasteiger partial charge in [0.2, 0.25) is 0 Å². The van der Waals surface area contributed by atoms with E-state index in [4.69, 9.17) is 11.6 Å². The van der Waals surface area contributed by atoms with E-state index in [0.29, 0.717) is 17.6 Å². The number of nitrogens with zero attached hydrogens (tertiary/aromatic N) is 4. The van der Waals surface area contributed by atoms with Crippen molar-refractivity contribution in [3.05, 3.63) is 40.8 Å². The number of alkyl halides is 3. The first kappa shape index (κ1) is 23.5. The fourth-order valence-electron chi connectivity index (χ4n) is 2.80. The maximum Gasteiger partial charge on any atom is 0.434 e. The van der Waals surface area contributed by atoms with Gasteiger partial charge in [-0.05, 0) is 25.1 Å². The Morgan fingerprint density at radius 1 is 1.41 bits per heavy atom. The lowest BCUT2D eigenvalue weighted by molar-refractivity contribution is -0.143. The summed E-state index contributed by atoms with van der Waals surface area (Å²) in [5.74, 6) is -0.917. The second kappa shape index (κ2) is 9.09. The number of halogens is 6. The Morgan fingerprint density at radius 2 is 2.11 bits per heavy atom. The smallest absolute Gasteiger partial charge is 0.337 e. The fraction of sp³-hybridized carbons (Fsp3) is 0.400. The van der Waals surface area contributed by atoms with Crippen LogP contribution in [0.25, 0.3) is 5.82 Å². The number of amides is 1. The summed E-state index contributed by atoms with van der Waals surface area (Å²) in [5.41, 5.74) is -1.71. The molecule has 1 fully saturated rings. The summed E-state index contributed by atoms with van der Waals surface area (Å²) in [5, 5.41) is 6.81. The molecule has 1 unspecified atom stereocenters. The molecular formula is C15H17Cl3F3N5O. The van der Waals surface area contributed by atoms with Crippen LogP contribution in [-0.4, -0.2) is 51.8 Å². The third-order valence-electron chi connectivity index (χ3n) is 4.11. The first-order valence-electron chi connectivity index (χ1n) is 7.54. The lowest BCUT2D eigenvalue weighted by Gasteiger charge is -2.24. The monoisotopic (exact) mass is 445 g/mol. The van der Waals surface area contributed by atoms with Crippen LogP contribution in [0.1, 0.15) is 22.5 Å². The molecule has 150 valence electrons. The largest absolute Gasteiger partial charge is 0.434 e. The van der Waals surface area contributed by atoms with E-state index in [1.54, 1.807) is 0 Å². The van der Waals surface area contributed by atoms with Gasteiger partial charge in [0.25, 0.3) is 5.91 Å². The molecule has 0 saturated carbocycles. The Kier molecular flexibility index (Phi) is 7.91. The van der Waals surface area contributed by atoms with Crippen LogP contribution in [0, 0.1) is 0 Å². The Morgan fingerprint density at radius 3 is 2.67 bits per heavy atom. The number of hydrogen-bond acceptors (Lipinski definition) is 4. The van der Waals surface area contributed by atoms with Gasteiger partial charge in [-0.3, -0.25) is 4.79 Å². The average Bonchev–Trinajstić information content (AvgIpc) is 3.23. The Hall–Kier alpha value is -1.55. The first-order valence-corrected chi connectivity index (χ1v) is 7.92. The highest BCUT2D eigenvalue weighted by Crippen LogP contribution is 2.35. The van der Waals surface area contributed by atoms with E-state index in [-0.39, 0.29) is 41.7 Å². The number of aromatic nitrogens is 3. The molecule has 1 aliphatic heterocycles. The molecule has 1 saturated heterocycles. The van der Waals surface area contributed by atoms with Crippen LogP contribution in [0.5, 0.6) is 0 Å². The van der Waals surface area contributed by atoms with E-state index in [1.165, 1.54) is 30.3 Å². The highest BCUT2D eigenvalue weighted by atomic mass is 35.5. The molecule has 2 aromatic heterocycles. The topological polar surface area (TPSA) is 63.1 Å². The van der Waals surface area contributed by atoms with E-state index in [9.17, 15) is 18.0 Å². The number of likely N-dealkylation sites (N-methyl/N-ethyl adjacent to an activating group) is 1. The van der Waals surface area contributed by atoms with Crippen molar-refractivity contribution >= 4 is 42.3 Å². The Bertz CT molecular complexity index is 793. The predicted octanol–water partition coefficient (Wildman–Crippen LogP) is 3.22. The summed E-state index contributed by atoms with van der Waals surface area (Å²) < 4.78 is 41.5. The average molecular weight is 447 g/mol. The summed E-state index contributed by atoms with van der Waals surface area (Å²) in [6.45, 7) is 1.26. The molecule has 0 aromatic carbocycles. The first-order chi connectivity index (χ1) is 11.8. The number of carbonyl (C=O) groups is 1. The van der Waals surface area contributed by atoms with Crippen LogP contribution in [0.15, 0.2) is 24.5 Å². The van der Waals surface area contributed by atoms with Crippen molar-refractivity contribution in [2.75, 3.05) is 20.1 Å². The maximum absolute atomic E-state index is 13.6. The third kappa shape index (κ3) is 4.66. The molecule has 1 amide bonds. The molecule has 1 aliphatic rings. The van der Waals surface area contributed by atoms with Crippen molar-refractivity contribution in [3.8, 4) is 5.82 Å². The normalized spacial score (nSPS) is 16.4. The Labute approximate surface area is 170 Å². The lowest BCUT2D eigenvalue weighted by Crippen LogP contribution is -2.39. The summed E-state index contributed by atoms with van der Waals surface area (Å²) in [4.78, 5) is 17.8. The van der Waals surface area contributed by atoms with E-state index < -0.39 is 23.3 Å². The predicted molar refractivity (Wildman–Crippen MR) is 99.2 cm³/mol. The zero-order valence-corrected chi connectivity index (χ0v) is 16.4. The zero-order chi connectivity index (χ0) is 18.2. The van der Waals surface area contributed by atoms with Gasteiger partial charge in [-0.15, -0.1) is 24.8 Å². The SMILES string of the molecule is CN(C(=O)c1cnn(-c2ncccc2Cl)c1C(F)(F)F)C1CCNC1.Cl.Cl. The van der Waals surface area contributed by atoms with Crippen molar-refractivity contribution < 1.29 is 18.0 Å². The molecule has 1 N–H and O–H groups in total. The molecule has 3 rings (SSSR count). The minimum Gasteiger partial charge on any atom is -0.337 e. The van der Waals surface area contributed by atoms with Gasteiger partial charge in [-0.2, -0.15) is 18.3 Å². The van der Waals surface area contributed by atoms with Gasteiger partial charge in [-0.25, -0.2) is 9.67 Å². The third-order valence-corrected chi connectivity index (χ3v) is 4.41. The summed E-state index contributed by atoms with van der Waals surface area (Å²) in [7, 11) is 1.49. The van der Waals surface area contributed by atoms with Gasteiger partial charge in [-0.1, -0.05) is 11.6 Å². The minimum atomic E-state index is -4.79. The molecule has 12 heteroatoms. The van der Waals surface area contributed by atoms with E-state index in [0.717, 1.165) is 12.7 Å². The number of nitrogens with one attached hydrogen (secondary N) is 1. The van der Waals surface area contributed by atoms with Crippen molar-refractivity contribution in [3.63, 3.8) is 0 Å². The molecule has 0 bridgehead atoms. The number of hydrogen-bond donors (Lipinski definition) is 1. The molecule has 0 aliphatic carbocycles. The van der Waals surface area contributed by atoms with Crippen molar-refractivity contribution in [1.82, 2.24) is 25.0 Å². The van der Waals surface area contributed by atoms with Gasteiger partial charge in [0, 0.05) is 25.8 Å². The summed E-state index contributed by atoms with van der Waals surface area (Å²) in [6.07, 6.45) is -1.89. The number of carbonyl (C=O) groups excluding carboxylic acids is 1. The highest BCUT2D eigenvalue weighted by molar-refractivity contribution is 6.32. The van der Waals surface area contributed by atoms with Gasteiger partial charge in [0.1, 0.15) is 0 Å². The second-order valence-corrected chi connectivity index (χ2v) is 6.10. The minimum absolute atomic E-state index is 0. The van der Waals surface area contributed by atoms with Crippen LogP contribution in [-0.2, 0) is 6.18 Å². The fourth-order valence-corrected chi connectivity index (χ4v) is 3.00. The van der Waals surface area contributed by atoms with Crippen LogP contribution in [0.3, 0.4) is 0 Å². The van der Waals surface area contributed by atoms with Crippen molar-refractivity contribution in [1.29, 1.82) is 0 Å².